The summed E-state index contributed by atoms with van der Waals surface area (Å²) in [7, 11) is 2.88. The predicted octanol–water partition coefficient (Wildman–Crippen LogP) is 1.58. The minimum absolute atomic E-state index is 0. The third-order valence-corrected chi connectivity index (χ3v) is 9.44. The fourth-order valence-corrected chi connectivity index (χ4v) is 6.23. The van der Waals surface area contributed by atoms with Gasteiger partial charge in [-0.2, -0.15) is 0 Å². The number of ketones is 2. The van der Waals surface area contributed by atoms with Crippen LogP contribution in [0, 0.1) is 11.8 Å². The number of benzene rings is 1. The zero-order valence-electron chi connectivity index (χ0n) is 22.9. The standard InChI is InChI=1S/C27H32BrN3O9.BrH/c1-6-26(3,28)25(39)30-11-8-7-10-9(2)12-14(19(33)13(10)18(11)32)22(36)27(40)16(20(12)34)17(31(4)5)21(35)15(23(27)37)24(29)38;/h7-9,12,16-17,20,32-34,37,40H,6H2,1-5H3,(H2,29,38)(H,30,39);1H/t9?,12?,16?,17-,20?,26?,27?;/m0./s1. The first kappa shape index (κ1) is 32.7. The number of primary amides is 1. The highest BCUT2D eigenvalue weighted by atomic mass is 79.9. The van der Waals surface area contributed by atoms with E-state index in [1.165, 1.54) is 31.1 Å². The van der Waals surface area contributed by atoms with E-state index in [9.17, 15) is 44.7 Å². The number of phenols is 1. The van der Waals surface area contributed by atoms with Crippen LogP contribution in [-0.4, -0.2) is 90.0 Å². The number of aromatic hydroxyl groups is 1. The molecule has 0 spiro atoms. The number of likely N-dealkylation sites (N-methyl/N-ethyl adjacent to an activating group) is 1. The third kappa shape index (κ3) is 4.51. The average Bonchev–Trinajstić information content (AvgIpc) is 2.87. The van der Waals surface area contributed by atoms with E-state index in [-0.39, 0.29) is 28.2 Å². The van der Waals surface area contributed by atoms with Crippen LogP contribution in [0.2, 0.25) is 0 Å². The minimum Gasteiger partial charge on any atom is -0.508 e. The van der Waals surface area contributed by atoms with Crippen molar-refractivity contribution in [2.75, 3.05) is 19.4 Å². The number of phenolic OH excluding ortho intramolecular Hbond substituents is 1. The summed E-state index contributed by atoms with van der Waals surface area (Å²) in [6.45, 7) is 5.05. The second-order valence-corrected chi connectivity index (χ2v) is 12.7. The van der Waals surface area contributed by atoms with E-state index in [1.807, 2.05) is 0 Å². The molecule has 0 aliphatic heterocycles. The van der Waals surface area contributed by atoms with E-state index in [4.69, 9.17) is 5.73 Å². The van der Waals surface area contributed by atoms with Crippen molar-refractivity contribution >= 4 is 67.7 Å². The predicted molar refractivity (Wildman–Crippen MR) is 157 cm³/mol. The number of aliphatic hydroxyl groups is 4. The van der Waals surface area contributed by atoms with Gasteiger partial charge in [0.05, 0.1) is 29.3 Å². The molecule has 1 aromatic carbocycles. The van der Waals surface area contributed by atoms with Gasteiger partial charge in [-0.25, -0.2) is 0 Å². The van der Waals surface area contributed by atoms with Crippen molar-refractivity contribution in [3.63, 3.8) is 0 Å². The molecule has 41 heavy (non-hydrogen) atoms. The number of nitrogens with zero attached hydrogens (tertiary/aromatic N) is 1. The molecule has 3 aliphatic rings. The highest BCUT2D eigenvalue weighted by molar-refractivity contribution is 9.10. The monoisotopic (exact) mass is 701 g/mol. The first-order valence-corrected chi connectivity index (χ1v) is 13.4. The molecule has 12 nitrogen and oxygen atoms in total. The number of carbonyl (C=O) groups is 4. The summed E-state index contributed by atoms with van der Waals surface area (Å²) in [5.41, 5.74) is 0.895. The first-order chi connectivity index (χ1) is 18.4. The highest BCUT2D eigenvalue weighted by Crippen LogP contribution is 2.56. The van der Waals surface area contributed by atoms with Crippen molar-refractivity contribution in [2.45, 2.75) is 55.2 Å². The summed E-state index contributed by atoms with van der Waals surface area (Å²) >= 11 is 3.32. The average molecular weight is 703 g/mol. The molecule has 1 saturated carbocycles. The summed E-state index contributed by atoms with van der Waals surface area (Å²) in [6, 6.07) is 1.52. The molecule has 8 N–H and O–H groups in total. The SMILES string of the molecule is Br.CCC(C)(Br)C(=O)Nc1ccc2c(c1O)C(O)=C1C(=O)C3(O)C(O)=C(C(N)=O)C(=O)[C@@H](N(C)C)C3C(O)C1C2C. The van der Waals surface area contributed by atoms with Gasteiger partial charge in [-0.1, -0.05) is 35.8 Å². The lowest BCUT2D eigenvalue weighted by Gasteiger charge is -2.53. The Balaban J connectivity index is 0.00000462. The number of Topliss-reactive ketones (excluding diaryl/α,β-unsaturated/α-hetero) is 2. The van der Waals surface area contributed by atoms with Crippen LogP contribution >= 0.6 is 32.9 Å². The van der Waals surface area contributed by atoms with Crippen molar-refractivity contribution in [2.24, 2.45) is 17.6 Å². The van der Waals surface area contributed by atoms with Crippen molar-refractivity contribution < 1.29 is 44.7 Å². The molecular weight excluding hydrogens is 670 g/mol. The number of aliphatic hydroxyl groups excluding tert-OH is 3. The zero-order chi connectivity index (χ0) is 30.2. The second kappa shape index (κ2) is 10.8. The molecule has 14 heteroatoms. The molecule has 224 valence electrons. The van der Waals surface area contributed by atoms with Crippen molar-refractivity contribution in [3.8, 4) is 5.75 Å². The Hall–Kier alpha value is -2.78. The molecular formula is C27H33Br2N3O9. The lowest BCUT2D eigenvalue weighted by molar-refractivity contribution is -0.169. The van der Waals surface area contributed by atoms with Crippen LogP contribution in [-0.2, 0) is 19.2 Å². The number of carbonyl (C=O) groups excluding carboxylic acids is 4. The molecule has 6 unspecified atom stereocenters. The number of alkyl halides is 1. The van der Waals surface area contributed by atoms with Gasteiger partial charge < -0.3 is 36.6 Å². The van der Waals surface area contributed by atoms with E-state index in [1.54, 1.807) is 20.8 Å². The molecule has 1 aromatic rings. The quantitative estimate of drug-likeness (QED) is 0.134. The number of amides is 2. The van der Waals surface area contributed by atoms with E-state index >= 15 is 0 Å². The molecule has 3 aliphatic carbocycles. The molecule has 0 saturated heterocycles. The van der Waals surface area contributed by atoms with Crippen LogP contribution in [0.25, 0.3) is 5.76 Å². The molecule has 0 heterocycles. The molecule has 0 bridgehead atoms. The van der Waals surface area contributed by atoms with E-state index in [0.717, 1.165) is 0 Å². The molecule has 1 fully saturated rings. The molecule has 4 rings (SSSR count). The van der Waals surface area contributed by atoms with Crippen molar-refractivity contribution in [1.82, 2.24) is 4.90 Å². The van der Waals surface area contributed by atoms with E-state index < -0.39 is 91.6 Å². The number of hydrogen-bond acceptors (Lipinski definition) is 10. The summed E-state index contributed by atoms with van der Waals surface area (Å²) in [6.07, 6.45) is -1.26. The summed E-state index contributed by atoms with van der Waals surface area (Å²) in [4.78, 5) is 53.4. The Bertz CT molecular complexity index is 1420. The van der Waals surface area contributed by atoms with E-state index in [0.29, 0.717) is 12.0 Å². The number of anilines is 1. The molecule has 2 amide bonds. The Kier molecular flexibility index (Phi) is 8.63. The van der Waals surface area contributed by atoms with Gasteiger partial charge >= 0.3 is 0 Å². The maximum absolute atomic E-state index is 14.0. The van der Waals surface area contributed by atoms with Gasteiger partial charge in [-0.05, 0) is 45.0 Å². The lowest BCUT2D eigenvalue weighted by atomic mass is 9.54. The van der Waals surface area contributed by atoms with Crippen LogP contribution in [0.1, 0.15) is 44.2 Å². The maximum Gasteiger partial charge on any atom is 0.255 e. The molecule has 0 radical (unpaired) electrons. The summed E-state index contributed by atoms with van der Waals surface area (Å²) < 4.78 is -0.959. The third-order valence-electron chi connectivity index (χ3n) is 8.52. The highest BCUT2D eigenvalue weighted by Gasteiger charge is 2.68. The second-order valence-electron chi connectivity index (χ2n) is 11.0. The van der Waals surface area contributed by atoms with E-state index in [2.05, 4.69) is 21.2 Å². The zero-order valence-corrected chi connectivity index (χ0v) is 26.2. The van der Waals surface area contributed by atoms with Gasteiger partial charge in [0.15, 0.2) is 11.4 Å². The fourth-order valence-electron chi connectivity index (χ4n) is 6.13. The number of nitrogens with two attached hydrogens (primary N) is 1. The van der Waals surface area contributed by atoms with Gasteiger partial charge in [0.1, 0.15) is 27.2 Å². The maximum atomic E-state index is 14.0. The summed E-state index contributed by atoms with van der Waals surface area (Å²) in [5.74, 6) is -10.3. The van der Waals surface area contributed by atoms with Gasteiger partial charge in [0.25, 0.3) is 5.91 Å². The Labute approximate surface area is 254 Å². The number of nitrogens with one attached hydrogen (secondary N) is 1. The minimum atomic E-state index is -3.00. The smallest absolute Gasteiger partial charge is 0.255 e. The van der Waals surface area contributed by atoms with Crippen LogP contribution < -0.4 is 11.1 Å². The first-order valence-electron chi connectivity index (χ1n) is 12.6. The Morgan fingerprint density at radius 2 is 1.78 bits per heavy atom. The van der Waals surface area contributed by atoms with Crippen LogP contribution in [0.3, 0.4) is 0 Å². The topological polar surface area (TPSA) is 211 Å². The van der Waals surface area contributed by atoms with Crippen molar-refractivity contribution in [1.29, 1.82) is 0 Å². The lowest BCUT2D eigenvalue weighted by Crippen LogP contribution is -2.70. The summed E-state index contributed by atoms with van der Waals surface area (Å²) in [5, 5.41) is 59.4. The van der Waals surface area contributed by atoms with Crippen LogP contribution in [0.4, 0.5) is 5.69 Å². The fraction of sp³-hybridized carbons (Fsp3) is 0.481. The van der Waals surface area contributed by atoms with Gasteiger partial charge in [0.2, 0.25) is 11.7 Å². The number of halogens is 2. The molecule has 7 atom stereocenters. The van der Waals surface area contributed by atoms with Crippen molar-refractivity contribution in [3.05, 3.63) is 40.2 Å². The number of fused-ring (bicyclic) bond motifs is 3. The van der Waals surface area contributed by atoms with Gasteiger partial charge in [-0.15, -0.1) is 17.0 Å². The van der Waals surface area contributed by atoms with Gasteiger partial charge in [-0.3, -0.25) is 24.1 Å². The molecule has 0 aromatic heterocycles. The van der Waals surface area contributed by atoms with Gasteiger partial charge in [0, 0.05) is 11.5 Å². The Morgan fingerprint density at radius 1 is 1.20 bits per heavy atom. The number of rotatable bonds is 5. The normalized spacial score (nSPS) is 30.6. The van der Waals surface area contributed by atoms with Crippen LogP contribution in [0.5, 0.6) is 5.75 Å². The Morgan fingerprint density at radius 3 is 2.29 bits per heavy atom. The van der Waals surface area contributed by atoms with Crippen LogP contribution in [0.15, 0.2) is 29.0 Å². The largest absolute Gasteiger partial charge is 0.508 e. The number of hydrogen-bond donors (Lipinski definition) is 7.